The van der Waals surface area contributed by atoms with Gasteiger partial charge in [0.2, 0.25) is 0 Å². The van der Waals surface area contributed by atoms with E-state index in [9.17, 15) is 10.1 Å². The van der Waals surface area contributed by atoms with Crippen LogP contribution in [0.1, 0.15) is 11.6 Å². The molecule has 0 aliphatic heterocycles. The highest BCUT2D eigenvalue weighted by molar-refractivity contribution is 6.18. The number of halogens is 1. The fourth-order valence-corrected chi connectivity index (χ4v) is 1.91. The summed E-state index contributed by atoms with van der Waals surface area (Å²) >= 11 is 5.94. The molecule has 0 spiro atoms. The lowest BCUT2D eigenvalue weighted by Gasteiger charge is -2.16. The maximum Gasteiger partial charge on any atom is 0.287 e. The van der Waals surface area contributed by atoms with Crippen LogP contribution in [0.4, 0.5) is 11.5 Å². The minimum Gasteiger partial charge on any atom is -0.362 e. The van der Waals surface area contributed by atoms with Crippen molar-refractivity contribution in [2.45, 2.75) is 6.04 Å². The van der Waals surface area contributed by atoms with E-state index in [4.69, 9.17) is 11.6 Å². The molecule has 5 nitrogen and oxygen atoms in total. The first-order chi connectivity index (χ1) is 9.20. The number of hydrogen-bond donors (Lipinski definition) is 1. The summed E-state index contributed by atoms with van der Waals surface area (Å²) < 4.78 is 0. The maximum atomic E-state index is 10.5. The number of nitrogens with one attached hydrogen (secondary N) is 1. The van der Waals surface area contributed by atoms with Gasteiger partial charge in [-0.25, -0.2) is 4.98 Å². The van der Waals surface area contributed by atoms with Crippen molar-refractivity contribution in [1.82, 2.24) is 4.98 Å². The molecule has 0 fully saturated rings. The number of hydrogen-bond acceptors (Lipinski definition) is 4. The van der Waals surface area contributed by atoms with Gasteiger partial charge in [0.1, 0.15) is 12.0 Å². The number of rotatable bonds is 5. The van der Waals surface area contributed by atoms with Crippen LogP contribution in [0.3, 0.4) is 0 Å². The predicted octanol–water partition coefficient (Wildman–Crippen LogP) is 3.38. The van der Waals surface area contributed by atoms with Crippen molar-refractivity contribution >= 4 is 23.1 Å². The Labute approximate surface area is 115 Å². The molecule has 0 saturated carbocycles. The van der Waals surface area contributed by atoms with Gasteiger partial charge >= 0.3 is 0 Å². The van der Waals surface area contributed by atoms with Gasteiger partial charge < -0.3 is 5.32 Å². The zero-order valence-corrected chi connectivity index (χ0v) is 10.7. The van der Waals surface area contributed by atoms with E-state index in [1.54, 1.807) is 6.07 Å². The number of anilines is 1. The largest absolute Gasteiger partial charge is 0.362 e. The van der Waals surface area contributed by atoms with Crippen molar-refractivity contribution < 1.29 is 4.92 Å². The molecule has 1 N–H and O–H groups in total. The molecule has 1 heterocycles. The lowest BCUT2D eigenvalue weighted by atomic mass is 10.1. The molecular formula is C13H12ClN3O2. The number of pyridine rings is 1. The first-order valence-electron chi connectivity index (χ1n) is 5.68. The molecule has 0 radical (unpaired) electrons. The predicted molar refractivity (Wildman–Crippen MR) is 74.4 cm³/mol. The lowest BCUT2D eigenvalue weighted by Crippen LogP contribution is -2.13. The van der Waals surface area contributed by atoms with Crippen molar-refractivity contribution in [3.63, 3.8) is 0 Å². The summed E-state index contributed by atoms with van der Waals surface area (Å²) in [6.45, 7) is 0. The second-order valence-corrected chi connectivity index (χ2v) is 4.23. The third-order valence-corrected chi connectivity index (χ3v) is 2.95. The molecule has 2 aromatic rings. The standard InChI is InChI=1S/C13H12ClN3O2/c14-8-12(10-4-2-1-3-5-10)16-13-7-6-11(9-15-13)17(18)19/h1-7,9,12H,8H2,(H,15,16). The van der Waals surface area contributed by atoms with Gasteiger partial charge in [0.15, 0.2) is 0 Å². The molecule has 1 aromatic carbocycles. The van der Waals surface area contributed by atoms with E-state index in [-0.39, 0.29) is 11.7 Å². The molecule has 0 aliphatic carbocycles. The number of alkyl halides is 1. The monoisotopic (exact) mass is 277 g/mol. The van der Waals surface area contributed by atoms with E-state index < -0.39 is 4.92 Å². The van der Waals surface area contributed by atoms with E-state index in [1.165, 1.54) is 12.3 Å². The topological polar surface area (TPSA) is 68.1 Å². The highest BCUT2D eigenvalue weighted by atomic mass is 35.5. The molecule has 6 heteroatoms. The van der Waals surface area contributed by atoms with Gasteiger partial charge in [-0.15, -0.1) is 11.6 Å². The van der Waals surface area contributed by atoms with Crippen LogP contribution < -0.4 is 5.32 Å². The van der Waals surface area contributed by atoms with Gasteiger partial charge in [0, 0.05) is 11.9 Å². The fraction of sp³-hybridized carbons (Fsp3) is 0.154. The summed E-state index contributed by atoms with van der Waals surface area (Å²) in [5.41, 5.74) is 1.00. The van der Waals surface area contributed by atoms with Crippen LogP contribution in [0.5, 0.6) is 0 Å². The quantitative estimate of drug-likeness (QED) is 0.517. The number of benzene rings is 1. The smallest absolute Gasteiger partial charge is 0.287 e. The van der Waals surface area contributed by atoms with E-state index in [2.05, 4.69) is 10.3 Å². The Hall–Kier alpha value is -2.14. The lowest BCUT2D eigenvalue weighted by molar-refractivity contribution is -0.385. The van der Waals surface area contributed by atoms with Crippen LogP contribution >= 0.6 is 11.6 Å². The first-order valence-corrected chi connectivity index (χ1v) is 6.22. The molecule has 0 saturated heterocycles. The summed E-state index contributed by atoms with van der Waals surface area (Å²) in [6, 6.07) is 12.6. The molecule has 0 bridgehead atoms. The van der Waals surface area contributed by atoms with Gasteiger partial charge in [0.25, 0.3) is 5.69 Å². The summed E-state index contributed by atoms with van der Waals surface area (Å²) in [5, 5.41) is 13.7. The van der Waals surface area contributed by atoms with Crippen LogP contribution in [0.2, 0.25) is 0 Å². The highest BCUT2D eigenvalue weighted by Gasteiger charge is 2.11. The molecule has 0 amide bonds. The minimum absolute atomic E-state index is 0.0346. The van der Waals surface area contributed by atoms with Gasteiger partial charge in [-0.3, -0.25) is 10.1 Å². The Kier molecular flexibility index (Phi) is 4.30. The van der Waals surface area contributed by atoms with Crippen molar-refractivity contribution in [2.24, 2.45) is 0 Å². The van der Waals surface area contributed by atoms with Crippen LogP contribution in [-0.4, -0.2) is 15.8 Å². The van der Waals surface area contributed by atoms with Crippen molar-refractivity contribution in [3.8, 4) is 0 Å². The van der Waals surface area contributed by atoms with Crippen molar-refractivity contribution in [3.05, 3.63) is 64.3 Å². The summed E-state index contributed by atoms with van der Waals surface area (Å²) in [5.74, 6) is 0.933. The van der Waals surface area contributed by atoms with Gasteiger partial charge in [-0.05, 0) is 11.6 Å². The molecule has 1 atom stereocenters. The maximum absolute atomic E-state index is 10.5. The van der Waals surface area contributed by atoms with Gasteiger partial charge in [-0.1, -0.05) is 30.3 Å². The number of nitrogens with zero attached hydrogens (tertiary/aromatic N) is 2. The number of aromatic nitrogens is 1. The Morgan fingerprint density at radius 2 is 2.00 bits per heavy atom. The number of nitro groups is 1. The van der Waals surface area contributed by atoms with Crippen LogP contribution in [-0.2, 0) is 0 Å². The van der Waals surface area contributed by atoms with Crippen molar-refractivity contribution in [2.75, 3.05) is 11.2 Å². The third-order valence-electron chi connectivity index (χ3n) is 2.64. The van der Waals surface area contributed by atoms with Gasteiger partial charge in [-0.2, -0.15) is 0 Å². The van der Waals surface area contributed by atoms with E-state index in [1.807, 2.05) is 30.3 Å². The zero-order chi connectivity index (χ0) is 13.7. The SMILES string of the molecule is O=[N+]([O-])c1ccc(NC(CCl)c2ccccc2)nc1. The zero-order valence-electron chi connectivity index (χ0n) is 9.99. The van der Waals surface area contributed by atoms with E-state index in [0.717, 1.165) is 5.56 Å². The average Bonchev–Trinajstić information content (AvgIpc) is 2.46. The Bertz CT molecular complexity index is 546. The normalized spacial score (nSPS) is 11.8. The molecular weight excluding hydrogens is 266 g/mol. The molecule has 2 rings (SSSR count). The van der Waals surface area contributed by atoms with E-state index >= 15 is 0 Å². The Balaban J connectivity index is 2.12. The average molecular weight is 278 g/mol. The Morgan fingerprint density at radius 3 is 2.53 bits per heavy atom. The first kappa shape index (κ1) is 13.3. The van der Waals surface area contributed by atoms with E-state index in [0.29, 0.717) is 11.7 Å². The molecule has 1 unspecified atom stereocenters. The molecule has 1 aromatic heterocycles. The van der Waals surface area contributed by atoms with Crippen LogP contribution in [0.25, 0.3) is 0 Å². The second kappa shape index (κ2) is 6.15. The molecule has 98 valence electrons. The van der Waals surface area contributed by atoms with Crippen LogP contribution in [0, 0.1) is 10.1 Å². The fourth-order valence-electron chi connectivity index (χ4n) is 1.65. The summed E-state index contributed by atoms with van der Waals surface area (Å²) in [6.07, 6.45) is 1.22. The van der Waals surface area contributed by atoms with Gasteiger partial charge in [0.05, 0.1) is 11.0 Å². The third kappa shape index (κ3) is 3.42. The van der Waals surface area contributed by atoms with Crippen LogP contribution in [0.15, 0.2) is 48.7 Å². The Morgan fingerprint density at radius 1 is 1.26 bits per heavy atom. The molecule has 0 aliphatic rings. The summed E-state index contributed by atoms with van der Waals surface area (Å²) in [7, 11) is 0. The van der Waals surface area contributed by atoms with Crippen molar-refractivity contribution in [1.29, 1.82) is 0 Å². The highest BCUT2D eigenvalue weighted by Crippen LogP contribution is 2.20. The minimum atomic E-state index is -0.479. The summed E-state index contributed by atoms with van der Waals surface area (Å²) in [4.78, 5) is 14.1. The second-order valence-electron chi connectivity index (χ2n) is 3.92. The molecule has 19 heavy (non-hydrogen) atoms.